The lowest BCUT2D eigenvalue weighted by atomic mass is 9.98. The lowest BCUT2D eigenvalue weighted by Gasteiger charge is -2.32. The largest absolute Gasteiger partial charge is 0.377 e. The van der Waals surface area contributed by atoms with E-state index >= 15 is 0 Å². The van der Waals surface area contributed by atoms with Crippen molar-refractivity contribution in [1.29, 1.82) is 5.26 Å². The summed E-state index contributed by atoms with van der Waals surface area (Å²) in [5, 5.41) is 13.0. The summed E-state index contributed by atoms with van der Waals surface area (Å²) in [4.78, 5) is 2.41. The quantitative estimate of drug-likeness (QED) is 0.839. The van der Waals surface area contributed by atoms with Crippen molar-refractivity contribution >= 4 is 0 Å². The van der Waals surface area contributed by atoms with Crippen LogP contribution in [0.4, 0.5) is 0 Å². The molecule has 1 N–H and O–H groups in total. The molecule has 1 aliphatic carbocycles. The van der Waals surface area contributed by atoms with Crippen LogP contribution < -0.4 is 5.32 Å². The predicted octanol–water partition coefficient (Wildman–Crippen LogP) is 2.30. The van der Waals surface area contributed by atoms with Crippen molar-refractivity contribution in [3.8, 4) is 6.07 Å². The van der Waals surface area contributed by atoms with Crippen LogP contribution >= 0.6 is 0 Å². The summed E-state index contributed by atoms with van der Waals surface area (Å²) >= 11 is 0. The smallest absolute Gasteiger partial charge is 0.108 e. The number of nitrogens with zero attached hydrogens (tertiary/aromatic N) is 2. The molecule has 4 nitrogen and oxygen atoms in total. The van der Waals surface area contributed by atoms with Gasteiger partial charge in [0.2, 0.25) is 0 Å². The van der Waals surface area contributed by atoms with Crippen LogP contribution in [0.3, 0.4) is 0 Å². The number of nitriles is 1. The Hall–Kier alpha value is -0.630. The van der Waals surface area contributed by atoms with Crippen molar-refractivity contribution in [3.63, 3.8) is 0 Å². The van der Waals surface area contributed by atoms with Gasteiger partial charge < -0.3 is 9.64 Å². The second-order valence-electron chi connectivity index (χ2n) is 6.82. The molecule has 2 rings (SSSR count). The van der Waals surface area contributed by atoms with Gasteiger partial charge in [0.05, 0.1) is 12.2 Å². The standard InChI is InChI=1S/C16H29N3O/c1-13(2)18-16(12-17)8-7-14(10-16)19(3)11-15-6-4-5-9-20-15/h13-15,18H,4-11H2,1-3H3. The van der Waals surface area contributed by atoms with Crippen LogP contribution in [0.15, 0.2) is 0 Å². The Morgan fingerprint density at radius 3 is 2.80 bits per heavy atom. The maximum atomic E-state index is 9.53. The van der Waals surface area contributed by atoms with Gasteiger partial charge >= 0.3 is 0 Å². The molecule has 4 heteroatoms. The molecule has 0 spiro atoms. The molecule has 0 aromatic rings. The van der Waals surface area contributed by atoms with Gasteiger partial charge in [0.15, 0.2) is 0 Å². The summed E-state index contributed by atoms with van der Waals surface area (Å²) in [5.41, 5.74) is -0.319. The van der Waals surface area contributed by atoms with Gasteiger partial charge in [-0.15, -0.1) is 0 Å². The highest BCUT2D eigenvalue weighted by atomic mass is 16.5. The molecule has 3 unspecified atom stereocenters. The zero-order valence-electron chi connectivity index (χ0n) is 13.2. The monoisotopic (exact) mass is 279 g/mol. The van der Waals surface area contributed by atoms with Gasteiger partial charge in [-0.05, 0) is 59.4 Å². The molecular weight excluding hydrogens is 250 g/mol. The highest BCUT2D eigenvalue weighted by Gasteiger charge is 2.41. The maximum absolute atomic E-state index is 9.53. The van der Waals surface area contributed by atoms with E-state index in [0.717, 1.165) is 32.4 Å². The van der Waals surface area contributed by atoms with Crippen molar-refractivity contribution in [2.24, 2.45) is 0 Å². The second-order valence-corrected chi connectivity index (χ2v) is 6.82. The molecular formula is C16H29N3O. The van der Waals surface area contributed by atoms with Crippen molar-refractivity contribution in [3.05, 3.63) is 0 Å². The molecule has 1 saturated heterocycles. The van der Waals surface area contributed by atoms with E-state index in [1.165, 1.54) is 19.3 Å². The van der Waals surface area contributed by atoms with Crippen LogP contribution in [-0.4, -0.2) is 48.8 Å². The van der Waals surface area contributed by atoms with E-state index in [-0.39, 0.29) is 5.54 Å². The zero-order valence-corrected chi connectivity index (χ0v) is 13.2. The average molecular weight is 279 g/mol. The van der Waals surface area contributed by atoms with Gasteiger partial charge in [0, 0.05) is 25.2 Å². The number of hydrogen-bond acceptors (Lipinski definition) is 4. The summed E-state index contributed by atoms with van der Waals surface area (Å²) in [5.74, 6) is 0. The fourth-order valence-corrected chi connectivity index (χ4v) is 3.63. The first-order valence-electron chi connectivity index (χ1n) is 8.05. The molecule has 2 aliphatic rings. The normalized spacial score (nSPS) is 34.6. The minimum absolute atomic E-state index is 0.319. The van der Waals surface area contributed by atoms with E-state index in [9.17, 15) is 5.26 Å². The molecule has 3 atom stereocenters. The first-order chi connectivity index (χ1) is 9.54. The Kier molecular flexibility index (Phi) is 5.42. The van der Waals surface area contributed by atoms with E-state index in [2.05, 4.69) is 37.2 Å². The van der Waals surface area contributed by atoms with Gasteiger partial charge in [-0.1, -0.05) is 0 Å². The van der Waals surface area contributed by atoms with E-state index in [1.54, 1.807) is 0 Å². The van der Waals surface area contributed by atoms with Gasteiger partial charge in [-0.25, -0.2) is 0 Å². The number of nitrogens with one attached hydrogen (secondary N) is 1. The Balaban J connectivity index is 1.86. The van der Waals surface area contributed by atoms with Gasteiger partial charge in [-0.2, -0.15) is 5.26 Å². The van der Waals surface area contributed by atoms with E-state index in [4.69, 9.17) is 4.74 Å². The molecule has 1 saturated carbocycles. The van der Waals surface area contributed by atoms with Crippen LogP contribution in [0.1, 0.15) is 52.4 Å². The molecule has 0 radical (unpaired) electrons. The zero-order chi connectivity index (χ0) is 14.6. The van der Waals surface area contributed by atoms with E-state index in [0.29, 0.717) is 18.2 Å². The lowest BCUT2D eigenvalue weighted by molar-refractivity contribution is -0.00805. The maximum Gasteiger partial charge on any atom is 0.108 e. The average Bonchev–Trinajstić information content (AvgIpc) is 2.84. The van der Waals surface area contributed by atoms with Crippen molar-refractivity contribution < 1.29 is 4.74 Å². The molecule has 1 heterocycles. The topological polar surface area (TPSA) is 48.3 Å². The highest BCUT2D eigenvalue weighted by Crippen LogP contribution is 2.33. The third-order valence-electron chi connectivity index (χ3n) is 4.66. The van der Waals surface area contributed by atoms with E-state index in [1.807, 2.05) is 0 Å². The molecule has 0 aromatic heterocycles. The first-order valence-corrected chi connectivity index (χ1v) is 8.05. The third kappa shape index (κ3) is 3.94. The number of rotatable bonds is 5. The van der Waals surface area contributed by atoms with Crippen molar-refractivity contribution in [2.45, 2.75) is 76.1 Å². The van der Waals surface area contributed by atoms with Gasteiger partial charge in [-0.3, -0.25) is 5.32 Å². The second kappa shape index (κ2) is 6.89. The van der Waals surface area contributed by atoms with Crippen LogP contribution in [-0.2, 0) is 4.74 Å². The molecule has 114 valence electrons. The summed E-state index contributed by atoms with van der Waals surface area (Å²) in [6, 6.07) is 3.40. The molecule has 2 fully saturated rings. The number of hydrogen-bond donors (Lipinski definition) is 1. The first kappa shape index (κ1) is 15.8. The summed E-state index contributed by atoms with van der Waals surface area (Å²) in [6.45, 7) is 6.16. The summed E-state index contributed by atoms with van der Waals surface area (Å²) < 4.78 is 5.83. The number of ether oxygens (including phenoxy) is 1. The van der Waals surface area contributed by atoms with Gasteiger partial charge in [0.1, 0.15) is 5.54 Å². The predicted molar refractivity (Wildman–Crippen MR) is 80.5 cm³/mol. The van der Waals surface area contributed by atoms with Crippen LogP contribution in [0.25, 0.3) is 0 Å². The van der Waals surface area contributed by atoms with Crippen LogP contribution in [0.2, 0.25) is 0 Å². The molecule has 0 bridgehead atoms. The highest BCUT2D eigenvalue weighted by molar-refractivity contribution is 5.13. The van der Waals surface area contributed by atoms with Crippen LogP contribution in [0.5, 0.6) is 0 Å². The number of likely N-dealkylation sites (N-methyl/N-ethyl adjacent to an activating group) is 1. The molecule has 20 heavy (non-hydrogen) atoms. The Labute approximate surface area is 123 Å². The SMILES string of the molecule is CC(C)NC1(C#N)CCC(N(C)CC2CCCCO2)C1. The van der Waals surface area contributed by atoms with Crippen molar-refractivity contribution in [1.82, 2.24) is 10.2 Å². The molecule has 1 aliphatic heterocycles. The molecule has 0 amide bonds. The lowest BCUT2D eigenvalue weighted by Crippen LogP contribution is -2.47. The summed E-state index contributed by atoms with van der Waals surface area (Å²) in [6.07, 6.45) is 7.08. The van der Waals surface area contributed by atoms with Gasteiger partial charge in [0.25, 0.3) is 0 Å². The summed E-state index contributed by atoms with van der Waals surface area (Å²) in [7, 11) is 2.19. The van der Waals surface area contributed by atoms with Crippen LogP contribution in [0, 0.1) is 11.3 Å². The fraction of sp³-hybridized carbons (Fsp3) is 0.938. The Morgan fingerprint density at radius 1 is 1.40 bits per heavy atom. The third-order valence-corrected chi connectivity index (χ3v) is 4.66. The minimum atomic E-state index is -0.319. The van der Waals surface area contributed by atoms with E-state index < -0.39 is 0 Å². The Morgan fingerprint density at radius 2 is 2.20 bits per heavy atom. The molecule has 0 aromatic carbocycles. The Bertz CT molecular complexity index is 346. The minimum Gasteiger partial charge on any atom is -0.377 e. The van der Waals surface area contributed by atoms with Crippen molar-refractivity contribution in [2.75, 3.05) is 20.2 Å². The fourth-order valence-electron chi connectivity index (χ4n) is 3.63.